The molecule has 0 radical (unpaired) electrons. The lowest BCUT2D eigenvalue weighted by Gasteiger charge is -2.14. The summed E-state index contributed by atoms with van der Waals surface area (Å²) in [5.74, 6) is 0.903. The van der Waals surface area contributed by atoms with Crippen molar-refractivity contribution in [3.8, 4) is 0 Å². The van der Waals surface area contributed by atoms with Crippen LogP contribution >= 0.6 is 0 Å². The number of hydrogen-bond acceptors (Lipinski definition) is 2. The standard InChI is InChI=1S/C15H28O2/c1-3-5-6-8-12-9-10-13(15(12)17)11-14(16)7-4-2/h12-14,16H,3-11H2,1-2H3. The molecule has 2 heteroatoms. The Morgan fingerprint density at radius 3 is 2.53 bits per heavy atom. The minimum atomic E-state index is -0.261. The Bertz CT molecular complexity index is 225. The fraction of sp³-hybridized carbons (Fsp3) is 0.933. The molecule has 0 bridgehead atoms. The molecule has 0 saturated heterocycles. The summed E-state index contributed by atoms with van der Waals surface area (Å²) in [7, 11) is 0. The van der Waals surface area contributed by atoms with Gasteiger partial charge in [0.15, 0.2) is 0 Å². The molecular formula is C15H28O2. The summed E-state index contributed by atoms with van der Waals surface area (Å²) < 4.78 is 0. The molecule has 17 heavy (non-hydrogen) atoms. The number of carbonyl (C=O) groups is 1. The monoisotopic (exact) mass is 240 g/mol. The van der Waals surface area contributed by atoms with Gasteiger partial charge in [0.25, 0.3) is 0 Å². The topological polar surface area (TPSA) is 37.3 Å². The van der Waals surface area contributed by atoms with Gasteiger partial charge < -0.3 is 5.11 Å². The molecular weight excluding hydrogens is 212 g/mol. The Morgan fingerprint density at radius 2 is 1.88 bits per heavy atom. The fourth-order valence-electron chi connectivity index (χ4n) is 2.96. The highest BCUT2D eigenvalue weighted by Gasteiger charge is 2.34. The number of aliphatic hydroxyl groups is 1. The molecule has 100 valence electrons. The average Bonchev–Trinajstić information content (AvgIpc) is 2.62. The van der Waals surface area contributed by atoms with Gasteiger partial charge in [0.05, 0.1) is 6.10 Å². The van der Waals surface area contributed by atoms with Crippen molar-refractivity contribution in [2.45, 2.75) is 77.7 Å². The highest BCUT2D eigenvalue weighted by molar-refractivity contribution is 5.85. The molecule has 0 aromatic rings. The van der Waals surface area contributed by atoms with E-state index in [0.29, 0.717) is 18.1 Å². The largest absolute Gasteiger partial charge is 0.393 e. The van der Waals surface area contributed by atoms with E-state index in [0.717, 1.165) is 32.1 Å². The maximum atomic E-state index is 12.1. The first kappa shape index (κ1) is 14.7. The predicted octanol–water partition coefficient (Wildman–Crippen LogP) is 3.71. The van der Waals surface area contributed by atoms with Crippen molar-refractivity contribution < 1.29 is 9.90 Å². The summed E-state index contributed by atoms with van der Waals surface area (Å²) in [5, 5.41) is 9.78. The third-order valence-corrected chi connectivity index (χ3v) is 4.00. The van der Waals surface area contributed by atoms with Gasteiger partial charge >= 0.3 is 0 Å². The summed E-state index contributed by atoms with van der Waals surface area (Å²) in [6.07, 6.45) is 9.09. The van der Waals surface area contributed by atoms with Crippen LogP contribution in [-0.2, 0) is 4.79 Å². The summed E-state index contributed by atoms with van der Waals surface area (Å²) in [4.78, 5) is 12.1. The van der Waals surface area contributed by atoms with E-state index >= 15 is 0 Å². The van der Waals surface area contributed by atoms with Gasteiger partial charge in [-0.3, -0.25) is 4.79 Å². The number of rotatable bonds is 8. The summed E-state index contributed by atoms with van der Waals surface area (Å²) >= 11 is 0. The normalized spacial score (nSPS) is 26.4. The molecule has 0 aromatic carbocycles. The van der Waals surface area contributed by atoms with Crippen molar-refractivity contribution in [1.29, 1.82) is 0 Å². The molecule has 1 rings (SSSR count). The number of ketones is 1. The molecule has 0 aromatic heterocycles. The molecule has 0 heterocycles. The zero-order chi connectivity index (χ0) is 12.7. The molecule has 1 N–H and O–H groups in total. The minimum absolute atomic E-state index is 0.156. The Hall–Kier alpha value is -0.370. The number of carbonyl (C=O) groups excluding carboxylic acids is 1. The highest BCUT2D eigenvalue weighted by atomic mass is 16.3. The molecule has 0 spiro atoms. The lowest BCUT2D eigenvalue weighted by Crippen LogP contribution is -2.19. The van der Waals surface area contributed by atoms with E-state index in [1.165, 1.54) is 19.3 Å². The Kier molecular flexibility index (Phi) is 6.79. The second kappa shape index (κ2) is 7.86. The van der Waals surface area contributed by atoms with Gasteiger partial charge in [-0.2, -0.15) is 0 Å². The average molecular weight is 240 g/mol. The predicted molar refractivity (Wildman–Crippen MR) is 70.9 cm³/mol. The lowest BCUT2D eigenvalue weighted by atomic mass is 9.93. The quantitative estimate of drug-likeness (QED) is 0.657. The van der Waals surface area contributed by atoms with Crippen molar-refractivity contribution in [3.63, 3.8) is 0 Å². The van der Waals surface area contributed by atoms with Crippen LogP contribution in [0.4, 0.5) is 0 Å². The molecule has 0 amide bonds. The second-order valence-corrected chi connectivity index (χ2v) is 5.55. The summed E-state index contributed by atoms with van der Waals surface area (Å²) in [6, 6.07) is 0. The van der Waals surface area contributed by atoms with Crippen LogP contribution in [0, 0.1) is 11.8 Å². The molecule has 1 aliphatic rings. The van der Waals surface area contributed by atoms with Crippen molar-refractivity contribution in [1.82, 2.24) is 0 Å². The van der Waals surface area contributed by atoms with Gasteiger partial charge in [0.2, 0.25) is 0 Å². The van der Waals surface area contributed by atoms with Gasteiger partial charge in [-0.25, -0.2) is 0 Å². The second-order valence-electron chi connectivity index (χ2n) is 5.55. The molecule has 1 aliphatic carbocycles. The molecule has 1 fully saturated rings. The minimum Gasteiger partial charge on any atom is -0.393 e. The van der Waals surface area contributed by atoms with Gasteiger partial charge in [-0.15, -0.1) is 0 Å². The third kappa shape index (κ3) is 4.79. The zero-order valence-electron chi connectivity index (χ0n) is 11.5. The number of aliphatic hydroxyl groups excluding tert-OH is 1. The van der Waals surface area contributed by atoms with Crippen LogP contribution < -0.4 is 0 Å². The van der Waals surface area contributed by atoms with Crippen LogP contribution in [0.15, 0.2) is 0 Å². The number of hydrogen-bond donors (Lipinski definition) is 1. The molecule has 3 unspecified atom stereocenters. The van der Waals surface area contributed by atoms with E-state index in [1.54, 1.807) is 0 Å². The first-order valence-electron chi connectivity index (χ1n) is 7.40. The lowest BCUT2D eigenvalue weighted by molar-refractivity contribution is -0.125. The van der Waals surface area contributed by atoms with Gasteiger partial charge in [0.1, 0.15) is 5.78 Å². The molecule has 1 saturated carbocycles. The van der Waals surface area contributed by atoms with Crippen LogP contribution in [0.1, 0.15) is 71.6 Å². The maximum absolute atomic E-state index is 12.1. The van der Waals surface area contributed by atoms with Gasteiger partial charge in [-0.1, -0.05) is 39.5 Å². The Labute approximate surface area is 106 Å². The molecule has 0 aliphatic heterocycles. The SMILES string of the molecule is CCCCCC1CCC(CC(O)CCC)C1=O. The highest BCUT2D eigenvalue weighted by Crippen LogP contribution is 2.34. The van der Waals surface area contributed by atoms with Gasteiger partial charge in [0, 0.05) is 11.8 Å². The van der Waals surface area contributed by atoms with E-state index in [1.807, 2.05) is 0 Å². The van der Waals surface area contributed by atoms with E-state index in [2.05, 4.69) is 13.8 Å². The molecule has 2 nitrogen and oxygen atoms in total. The summed E-state index contributed by atoms with van der Waals surface area (Å²) in [5.41, 5.74) is 0. The van der Waals surface area contributed by atoms with Crippen molar-refractivity contribution in [2.24, 2.45) is 11.8 Å². The number of unbranched alkanes of at least 4 members (excludes halogenated alkanes) is 2. The van der Waals surface area contributed by atoms with E-state index < -0.39 is 0 Å². The van der Waals surface area contributed by atoms with Crippen molar-refractivity contribution in [3.05, 3.63) is 0 Å². The van der Waals surface area contributed by atoms with E-state index in [9.17, 15) is 9.90 Å². The van der Waals surface area contributed by atoms with Crippen LogP contribution in [0.25, 0.3) is 0 Å². The van der Waals surface area contributed by atoms with Crippen molar-refractivity contribution in [2.75, 3.05) is 0 Å². The number of Topliss-reactive ketones (excluding diaryl/α,β-unsaturated/α-hetero) is 1. The molecule has 3 atom stereocenters. The maximum Gasteiger partial charge on any atom is 0.139 e. The van der Waals surface area contributed by atoms with Crippen LogP contribution in [0.5, 0.6) is 0 Å². The van der Waals surface area contributed by atoms with E-state index in [-0.39, 0.29) is 12.0 Å². The van der Waals surface area contributed by atoms with E-state index in [4.69, 9.17) is 0 Å². The van der Waals surface area contributed by atoms with Crippen LogP contribution in [0.3, 0.4) is 0 Å². The van der Waals surface area contributed by atoms with Crippen LogP contribution in [-0.4, -0.2) is 17.0 Å². The van der Waals surface area contributed by atoms with Crippen molar-refractivity contribution >= 4 is 5.78 Å². The first-order valence-corrected chi connectivity index (χ1v) is 7.40. The Balaban J connectivity index is 2.28. The van der Waals surface area contributed by atoms with Crippen LogP contribution in [0.2, 0.25) is 0 Å². The first-order chi connectivity index (χ1) is 8.19. The zero-order valence-corrected chi connectivity index (χ0v) is 11.5. The van der Waals surface area contributed by atoms with Gasteiger partial charge in [-0.05, 0) is 32.1 Å². The smallest absolute Gasteiger partial charge is 0.139 e. The Morgan fingerprint density at radius 1 is 1.18 bits per heavy atom. The third-order valence-electron chi connectivity index (χ3n) is 4.00. The fourth-order valence-corrected chi connectivity index (χ4v) is 2.96. The summed E-state index contributed by atoms with van der Waals surface area (Å²) in [6.45, 7) is 4.27.